The second-order valence-corrected chi connectivity index (χ2v) is 4.00. The molecule has 1 aromatic carbocycles. The van der Waals surface area contributed by atoms with Crippen LogP contribution in [-0.2, 0) is 9.63 Å². The molecule has 1 aromatic rings. The Labute approximate surface area is 110 Å². The number of hydroxylamine groups is 1. The van der Waals surface area contributed by atoms with Crippen molar-refractivity contribution in [2.24, 2.45) is 10.8 Å². The minimum absolute atomic E-state index is 0.167. The zero-order valence-electron chi connectivity index (χ0n) is 10.6. The van der Waals surface area contributed by atoms with Gasteiger partial charge in [0.25, 0.3) is 5.96 Å². The molecule has 1 heterocycles. The van der Waals surface area contributed by atoms with Crippen LogP contribution in [0, 0.1) is 12.1 Å². The monoisotopic (exact) mass is 262 g/mol. The van der Waals surface area contributed by atoms with Crippen LogP contribution in [0.25, 0.3) is 0 Å². The van der Waals surface area contributed by atoms with Gasteiger partial charge in [-0.05, 0) is 30.6 Å². The van der Waals surface area contributed by atoms with Crippen LogP contribution in [0.1, 0.15) is 12.5 Å². The SMILES string of the molecule is C/C=C/C(=O)ON1C(N)=N[NH+]([O-])c2cc(C)ccc21. The predicted octanol–water partition coefficient (Wildman–Crippen LogP) is 0.0932. The number of carbonyl (C=O) groups excluding carboxylic acids is 1. The standard InChI is InChI=1S/C12H14N4O3/c1-3-4-11(17)19-15-9-6-5-8(2)7-10(9)16(18)14-12(15)13/h3-7,16H,1-2H3,(H2,13,14)/b4-3+. The molecule has 0 saturated carbocycles. The summed E-state index contributed by atoms with van der Waals surface area (Å²) in [6.07, 6.45) is 2.79. The molecule has 0 aromatic heterocycles. The summed E-state index contributed by atoms with van der Waals surface area (Å²) < 4.78 is 0. The van der Waals surface area contributed by atoms with Crippen LogP contribution in [0.15, 0.2) is 35.5 Å². The zero-order chi connectivity index (χ0) is 14.0. The van der Waals surface area contributed by atoms with Gasteiger partial charge in [0.15, 0.2) is 5.69 Å². The number of guanidine groups is 1. The first-order valence-electron chi connectivity index (χ1n) is 5.67. The third-order valence-electron chi connectivity index (χ3n) is 2.51. The molecule has 0 aliphatic carbocycles. The summed E-state index contributed by atoms with van der Waals surface area (Å²) in [7, 11) is 0. The van der Waals surface area contributed by atoms with Crippen molar-refractivity contribution >= 4 is 23.3 Å². The number of nitrogens with one attached hydrogen (secondary N) is 1. The highest BCUT2D eigenvalue weighted by molar-refractivity contribution is 5.98. The van der Waals surface area contributed by atoms with Crippen LogP contribution in [0.4, 0.5) is 11.4 Å². The van der Waals surface area contributed by atoms with Gasteiger partial charge in [0.05, 0.1) is 0 Å². The zero-order valence-corrected chi connectivity index (χ0v) is 10.6. The number of anilines is 1. The number of allylic oxidation sites excluding steroid dienone is 1. The molecule has 1 atom stereocenters. The molecule has 3 N–H and O–H groups in total. The summed E-state index contributed by atoms with van der Waals surface area (Å²) in [6, 6.07) is 5.12. The Hall–Kier alpha value is -2.38. The van der Waals surface area contributed by atoms with Gasteiger partial charge in [-0.2, -0.15) is 0 Å². The van der Waals surface area contributed by atoms with Crippen molar-refractivity contribution in [2.75, 3.05) is 5.06 Å². The molecular formula is C12H14N4O3. The van der Waals surface area contributed by atoms with Crippen molar-refractivity contribution < 1.29 is 14.8 Å². The number of aryl methyl sites for hydroxylation is 1. The highest BCUT2D eigenvalue weighted by Gasteiger charge is 2.28. The van der Waals surface area contributed by atoms with Gasteiger partial charge in [-0.1, -0.05) is 12.1 Å². The number of carbonyl (C=O) groups is 1. The molecule has 0 radical (unpaired) electrons. The minimum atomic E-state index is -0.596. The Balaban J connectivity index is 2.39. The first-order chi connectivity index (χ1) is 9.02. The molecule has 100 valence electrons. The molecule has 0 saturated heterocycles. The van der Waals surface area contributed by atoms with Crippen LogP contribution in [0.5, 0.6) is 0 Å². The Kier molecular flexibility index (Phi) is 3.50. The second-order valence-electron chi connectivity index (χ2n) is 4.00. The summed E-state index contributed by atoms with van der Waals surface area (Å²) in [4.78, 5) is 16.5. The van der Waals surface area contributed by atoms with E-state index in [1.165, 1.54) is 6.08 Å². The summed E-state index contributed by atoms with van der Waals surface area (Å²) in [5, 5.41) is 16.0. The fourth-order valence-electron chi connectivity index (χ4n) is 1.68. The van der Waals surface area contributed by atoms with Gasteiger partial charge in [-0.25, -0.2) is 9.97 Å². The van der Waals surface area contributed by atoms with Gasteiger partial charge in [-0.3, -0.25) is 0 Å². The van der Waals surface area contributed by atoms with Crippen molar-refractivity contribution in [1.82, 2.24) is 0 Å². The van der Waals surface area contributed by atoms with Gasteiger partial charge < -0.3 is 15.8 Å². The largest absolute Gasteiger partial charge is 0.601 e. The lowest BCUT2D eigenvalue weighted by atomic mass is 10.2. The van der Waals surface area contributed by atoms with Gasteiger partial charge >= 0.3 is 5.97 Å². The van der Waals surface area contributed by atoms with E-state index in [1.807, 2.05) is 6.92 Å². The molecule has 2 rings (SSSR count). The van der Waals surface area contributed by atoms with Gasteiger partial charge in [0, 0.05) is 12.1 Å². The number of rotatable bonds is 2. The number of fused-ring (bicyclic) bond motifs is 1. The van der Waals surface area contributed by atoms with Crippen molar-refractivity contribution in [1.29, 1.82) is 0 Å². The maximum Gasteiger partial charge on any atom is 0.356 e. The molecule has 1 aliphatic heterocycles. The van der Waals surface area contributed by atoms with E-state index in [9.17, 15) is 10.0 Å². The summed E-state index contributed by atoms with van der Waals surface area (Å²) in [6.45, 7) is 3.54. The lowest BCUT2D eigenvalue weighted by Gasteiger charge is -2.29. The number of quaternary nitrogens is 1. The first-order valence-corrected chi connectivity index (χ1v) is 5.67. The van der Waals surface area contributed by atoms with Crippen molar-refractivity contribution in [3.05, 3.63) is 41.1 Å². The topological polar surface area (TPSA) is 95.4 Å². The van der Waals surface area contributed by atoms with Crippen LogP contribution >= 0.6 is 0 Å². The highest BCUT2D eigenvalue weighted by atomic mass is 16.7. The van der Waals surface area contributed by atoms with Crippen LogP contribution in [0.2, 0.25) is 0 Å². The summed E-state index contributed by atoms with van der Waals surface area (Å²) in [5.41, 5.74) is 7.28. The maximum atomic E-state index is 11.8. The number of benzene rings is 1. The van der Waals surface area contributed by atoms with E-state index in [1.54, 1.807) is 31.2 Å². The Morgan fingerprint density at radius 1 is 1.58 bits per heavy atom. The highest BCUT2D eigenvalue weighted by Crippen LogP contribution is 2.26. The van der Waals surface area contributed by atoms with Crippen LogP contribution < -0.4 is 16.0 Å². The summed E-state index contributed by atoms with van der Waals surface area (Å²) in [5.74, 6) is -0.763. The molecule has 1 aliphatic rings. The third-order valence-corrected chi connectivity index (χ3v) is 2.51. The van der Waals surface area contributed by atoms with E-state index < -0.39 is 11.1 Å². The molecule has 0 bridgehead atoms. The third kappa shape index (κ3) is 2.56. The smallest absolute Gasteiger partial charge is 0.356 e. The lowest BCUT2D eigenvalue weighted by Crippen LogP contribution is -2.98. The molecule has 0 spiro atoms. The number of hydrogen-bond donors (Lipinski definition) is 2. The molecular weight excluding hydrogens is 248 g/mol. The fourth-order valence-corrected chi connectivity index (χ4v) is 1.68. The summed E-state index contributed by atoms with van der Waals surface area (Å²) >= 11 is 0. The Morgan fingerprint density at radius 3 is 3.00 bits per heavy atom. The normalized spacial score (nSPS) is 18.2. The fraction of sp³-hybridized carbons (Fsp3) is 0.167. The average molecular weight is 262 g/mol. The van der Waals surface area contributed by atoms with E-state index >= 15 is 0 Å². The predicted molar refractivity (Wildman–Crippen MR) is 70.2 cm³/mol. The van der Waals surface area contributed by atoms with E-state index in [0.29, 0.717) is 11.4 Å². The van der Waals surface area contributed by atoms with Crippen molar-refractivity contribution in [2.45, 2.75) is 13.8 Å². The number of nitrogens with zero attached hydrogens (tertiary/aromatic N) is 2. The molecule has 1 unspecified atom stereocenters. The molecule has 0 amide bonds. The maximum absolute atomic E-state index is 11.8. The molecule has 7 heteroatoms. The molecule has 7 nitrogen and oxygen atoms in total. The van der Waals surface area contributed by atoms with Gasteiger partial charge in [-0.15, -0.1) is 5.06 Å². The minimum Gasteiger partial charge on any atom is -0.601 e. The van der Waals surface area contributed by atoms with Gasteiger partial charge in [0.1, 0.15) is 5.69 Å². The molecule has 0 fully saturated rings. The average Bonchev–Trinajstić information content (AvgIpc) is 2.35. The Bertz CT molecular complexity index is 568. The van der Waals surface area contributed by atoms with Crippen molar-refractivity contribution in [3.63, 3.8) is 0 Å². The Morgan fingerprint density at radius 2 is 2.32 bits per heavy atom. The quantitative estimate of drug-likeness (QED) is 0.582. The van der Waals surface area contributed by atoms with Crippen LogP contribution in [-0.4, -0.2) is 11.9 Å². The van der Waals surface area contributed by atoms with E-state index in [-0.39, 0.29) is 5.96 Å². The second kappa shape index (κ2) is 5.09. The van der Waals surface area contributed by atoms with E-state index in [4.69, 9.17) is 10.6 Å². The van der Waals surface area contributed by atoms with E-state index in [2.05, 4.69) is 5.10 Å². The van der Waals surface area contributed by atoms with Crippen molar-refractivity contribution in [3.8, 4) is 0 Å². The number of hydrogen-bond acceptors (Lipinski definition) is 6. The molecule has 19 heavy (non-hydrogen) atoms. The van der Waals surface area contributed by atoms with Crippen LogP contribution in [0.3, 0.4) is 0 Å². The number of nitrogens with two attached hydrogens (primary N) is 1. The first kappa shape index (κ1) is 13.1. The van der Waals surface area contributed by atoms with E-state index in [0.717, 1.165) is 10.6 Å². The lowest BCUT2D eigenvalue weighted by molar-refractivity contribution is -0.784. The van der Waals surface area contributed by atoms with Gasteiger partial charge in [0.2, 0.25) is 0 Å².